The first-order valence-electron chi connectivity index (χ1n) is 6.26. The number of benzene rings is 1. The van der Waals surface area contributed by atoms with Crippen molar-refractivity contribution in [2.75, 3.05) is 11.3 Å². The minimum Gasteiger partial charge on any atom is -0.330 e. The van der Waals surface area contributed by atoms with Crippen LogP contribution in [0.2, 0.25) is 0 Å². The Morgan fingerprint density at radius 2 is 1.90 bits per heavy atom. The molecule has 0 saturated heterocycles. The van der Waals surface area contributed by atoms with Crippen molar-refractivity contribution in [2.24, 2.45) is 5.73 Å². The monoisotopic (exact) mass is 291 g/mol. The van der Waals surface area contributed by atoms with Crippen LogP contribution >= 0.6 is 0 Å². The maximum absolute atomic E-state index is 12.3. The van der Waals surface area contributed by atoms with Crippen LogP contribution in [0.5, 0.6) is 0 Å². The number of aromatic nitrogens is 1. The lowest BCUT2D eigenvalue weighted by atomic mass is 10.2. The Hall–Kier alpha value is -1.92. The van der Waals surface area contributed by atoms with Crippen molar-refractivity contribution < 1.29 is 8.42 Å². The molecule has 0 saturated carbocycles. The number of hydrogen-bond donors (Lipinski definition) is 2. The van der Waals surface area contributed by atoms with Gasteiger partial charge in [-0.1, -0.05) is 12.1 Å². The molecular formula is C14H17N3O2S. The smallest absolute Gasteiger partial charge is 0.261 e. The summed E-state index contributed by atoms with van der Waals surface area (Å²) in [6.07, 6.45) is 2.35. The van der Waals surface area contributed by atoms with Crippen LogP contribution in [0.25, 0.3) is 0 Å². The van der Waals surface area contributed by atoms with Gasteiger partial charge in [0, 0.05) is 6.20 Å². The lowest BCUT2D eigenvalue weighted by Crippen LogP contribution is -2.14. The zero-order chi connectivity index (χ0) is 14.6. The predicted molar refractivity (Wildman–Crippen MR) is 79.0 cm³/mol. The van der Waals surface area contributed by atoms with Crippen LogP contribution in [0, 0.1) is 6.92 Å². The van der Waals surface area contributed by atoms with E-state index in [1.165, 1.54) is 0 Å². The lowest BCUT2D eigenvalue weighted by Gasteiger charge is -2.10. The highest BCUT2D eigenvalue weighted by molar-refractivity contribution is 7.92. The molecule has 2 aromatic rings. The van der Waals surface area contributed by atoms with E-state index in [0.717, 1.165) is 12.0 Å². The topological polar surface area (TPSA) is 85.1 Å². The summed E-state index contributed by atoms with van der Waals surface area (Å²) in [4.78, 5) is 4.28. The molecule has 0 radical (unpaired) electrons. The van der Waals surface area contributed by atoms with E-state index in [9.17, 15) is 8.42 Å². The predicted octanol–water partition coefficient (Wildman–Crippen LogP) is 1.69. The summed E-state index contributed by atoms with van der Waals surface area (Å²) in [5.41, 5.74) is 7.60. The molecule has 3 N–H and O–H groups in total. The molecule has 20 heavy (non-hydrogen) atoms. The second-order valence-corrected chi connectivity index (χ2v) is 6.11. The van der Waals surface area contributed by atoms with Crippen LogP contribution in [-0.4, -0.2) is 19.9 Å². The number of sulfonamides is 1. The molecule has 5 nitrogen and oxygen atoms in total. The number of anilines is 1. The lowest BCUT2D eigenvalue weighted by molar-refractivity contribution is 0.601. The van der Waals surface area contributed by atoms with Gasteiger partial charge in [0.15, 0.2) is 0 Å². The van der Waals surface area contributed by atoms with Crippen molar-refractivity contribution in [1.29, 1.82) is 0 Å². The summed E-state index contributed by atoms with van der Waals surface area (Å²) in [5.74, 6) is 0. The van der Waals surface area contributed by atoms with Crippen LogP contribution in [0.1, 0.15) is 11.3 Å². The molecule has 1 heterocycles. The Morgan fingerprint density at radius 1 is 1.20 bits per heavy atom. The minimum absolute atomic E-state index is 0.224. The van der Waals surface area contributed by atoms with E-state index in [1.54, 1.807) is 49.5 Å². The van der Waals surface area contributed by atoms with E-state index in [-0.39, 0.29) is 4.90 Å². The van der Waals surface area contributed by atoms with Crippen molar-refractivity contribution >= 4 is 15.7 Å². The maximum atomic E-state index is 12.3. The normalized spacial score (nSPS) is 11.3. The van der Waals surface area contributed by atoms with Gasteiger partial charge in [-0.15, -0.1) is 0 Å². The number of rotatable bonds is 5. The minimum atomic E-state index is -3.59. The fourth-order valence-electron chi connectivity index (χ4n) is 1.80. The molecule has 0 aliphatic heterocycles. The van der Waals surface area contributed by atoms with E-state index in [1.807, 2.05) is 0 Å². The van der Waals surface area contributed by atoms with E-state index < -0.39 is 10.0 Å². The standard InChI is InChI=1S/C14H17N3O2S/c1-11-14(3-2-10-16-11)17-20(18,19)13-6-4-12(5-7-13)8-9-15/h2-7,10,17H,8-9,15H2,1H3. The summed E-state index contributed by atoms with van der Waals surface area (Å²) in [7, 11) is -3.59. The van der Waals surface area contributed by atoms with Crippen molar-refractivity contribution in [1.82, 2.24) is 4.98 Å². The van der Waals surface area contributed by atoms with Crippen LogP contribution in [0.15, 0.2) is 47.5 Å². The fourth-order valence-corrected chi connectivity index (χ4v) is 2.92. The van der Waals surface area contributed by atoms with Gasteiger partial charge in [-0.3, -0.25) is 9.71 Å². The number of pyridine rings is 1. The average Bonchev–Trinajstić information content (AvgIpc) is 2.42. The molecule has 0 amide bonds. The third-order valence-corrected chi connectivity index (χ3v) is 4.30. The Bertz CT molecular complexity index is 682. The van der Waals surface area contributed by atoms with Crippen molar-refractivity contribution in [3.05, 3.63) is 53.9 Å². The second-order valence-electron chi connectivity index (χ2n) is 4.42. The van der Waals surface area contributed by atoms with Crippen LogP contribution in [0.3, 0.4) is 0 Å². The highest BCUT2D eigenvalue weighted by Gasteiger charge is 2.15. The molecule has 0 bridgehead atoms. The number of aryl methyl sites for hydroxylation is 1. The van der Waals surface area contributed by atoms with Gasteiger partial charge >= 0.3 is 0 Å². The maximum Gasteiger partial charge on any atom is 0.261 e. The number of nitrogens with two attached hydrogens (primary N) is 1. The first-order valence-corrected chi connectivity index (χ1v) is 7.75. The molecule has 0 unspecified atom stereocenters. The Kier molecular flexibility index (Phi) is 4.36. The molecule has 2 rings (SSSR count). The molecule has 0 atom stereocenters. The van der Waals surface area contributed by atoms with Gasteiger partial charge in [-0.05, 0) is 49.7 Å². The Labute approximate surface area is 118 Å². The van der Waals surface area contributed by atoms with Gasteiger partial charge in [0.1, 0.15) is 0 Å². The zero-order valence-electron chi connectivity index (χ0n) is 11.2. The summed E-state index contributed by atoms with van der Waals surface area (Å²) in [5, 5.41) is 0. The molecule has 1 aromatic heterocycles. The first kappa shape index (κ1) is 14.5. The van der Waals surface area contributed by atoms with Crippen LogP contribution in [-0.2, 0) is 16.4 Å². The van der Waals surface area contributed by atoms with Gasteiger partial charge in [0.05, 0.1) is 16.3 Å². The largest absolute Gasteiger partial charge is 0.330 e. The number of nitrogens with zero attached hydrogens (tertiary/aromatic N) is 1. The molecule has 1 aromatic carbocycles. The fraction of sp³-hybridized carbons (Fsp3) is 0.214. The first-order chi connectivity index (χ1) is 9.53. The third kappa shape index (κ3) is 3.34. The van der Waals surface area contributed by atoms with Crippen molar-refractivity contribution in [2.45, 2.75) is 18.2 Å². The third-order valence-electron chi connectivity index (χ3n) is 2.92. The van der Waals surface area contributed by atoms with Crippen LogP contribution in [0.4, 0.5) is 5.69 Å². The molecular weight excluding hydrogens is 274 g/mol. The quantitative estimate of drug-likeness (QED) is 0.878. The molecule has 0 fully saturated rings. The van der Waals surface area contributed by atoms with Gasteiger partial charge in [-0.2, -0.15) is 0 Å². The van der Waals surface area contributed by atoms with Gasteiger partial charge in [-0.25, -0.2) is 8.42 Å². The van der Waals surface area contributed by atoms with E-state index in [4.69, 9.17) is 5.73 Å². The highest BCUT2D eigenvalue weighted by atomic mass is 32.2. The molecule has 6 heteroatoms. The molecule has 106 valence electrons. The van der Waals surface area contributed by atoms with Crippen molar-refractivity contribution in [3.8, 4) is 0 Å². The summed E-state index contributed by atoms with van der Waals surface area (Å²) >= 11 is 0. The van der Waals surface area contributed by atoms with Gasteiger partial charge in [0.25, 0.3) is 10.0 Å². The van der Waals surface area contributed by atoms with Crippen molar-refractivity contribution in [3.63, 3.8) is 0 Å². The van der Waals surface area contributed by atoms with Gasteiger partial charge < -0.3 is 5.73 Å². The zero-order valence-corrected chi connectivity index (χ0v) is 12.0. The van der Waals surface area contributed by atoms with Crippen LogP contribution < -0.4 is 10.5 Å². The SMILES string of the molecule is Cc1ncccc1NS(=O)(=O)c1ccc(CCN)cc1. The molecule has 0 spiro atoms. The highest BCUT2D eigenvalue weighted by Crippen LogP contribution is 2.18. The Balaban J connectivity index is 2.24. The number of nitrogens with one attached hydrogen (secondary N) is 1. The Morgan fingerprint density at radius 3 is 2.50 bits per heavy atom. The van der Waals surface area contributed by atoms with Gasteiger partial charge in [0.2, 0.25) is 0 Å². The molecule has 0 aliphatic rings. The molecule has 0 aliphatic carbocycles. The summed E-state index contributed by atoms with van der Waals surface area (Å²) in [6.45, 7) is 2.29. The summed E-state index contributed by atoms with van der Waals surface area (Å²) < 4.78 is 27.1. The summed E-state index contributed by atoms with van der Waals surface area (Å²) in [6, 6.07) is 10.1. The van der Waals surface area contributed by atoms with E-state index in [0.29, 0.717) is 17.9 Å². The second kappa shape index (κ2) is 6.02. The average molecular weight is 291 g/mol. The van der Waals surface area contributed by atoms with E-state index in [2.05, 4.69) is 9.71 Å². The van der Waals surface area contributed by atoms with E-state index >= 15 is 0 Å². The number of hydrogen-bond acceptors (Lipinski definition) is 4.